The van der Waals surface area contributed by atoms with E-state index in [-0.39, 0.29) is 11.4 Å². The van der Waals surface area contributed by atoms with E-state index in [0.29, 0.717) is 5.92 Å². The number of aryl methyl sites for hydroxylation is 1. The van der Waals surface area contributed by atoms with Gasteiger partial charge in [0.15, 0.2) is 0 Å². The molecule has 0 aromatic heterocycles. The zero-order valence-corrected chi connectivity index (χ0v) is 11.3. The maximum atomic E-state index is 13.1. The molecule has 94 valence electrons. The monoisotopic (exact) mass is 235 g/mol. The van der Waals surface area contributed by atoms with E-state index in [9.17, 15) is 4.39 Å². The molecule has 2 rings (SSSR count). The standard InChI is InChI=1S/C15H22FN/c1-11-9-13(16)5-6-14(11)12-7-8-17(10-12)15(2,3)4/h5-6,9,12H,7-8,10H2,1-4H3/t12-/m0/s1. The molecule has 1 saturated heterocycles. The molecule has 17 heavy (non-hydrogen) atoms. The van der Waals surface area contributed by atoms with Crippen LogP contribution in [0.3, 0.4) is 0 Å². The molecule has 0 radical (unpaired) electrons. The molecule has 1 heterocycles. The van der Waals surface area contributed by atoms with Crippen molar-refractivity contribution in [1.82, 2.24) is 4.90 Å². The van der Waals surface area contributed by atoms with Gasteiger partial charge in [0.1, 0.15) is 5.82 Å². The normalized spacial score (nSPS) is 22.1. The quantitative estimate of drug-likeness (QED) is 0.717. The van der Waals surface area contributed by atoms with Gasteiger partial charge in [0.25, 0.3) is 0 Å². The molecule has 0 spiro atoms. The average molecular weight is 235 g/mol. The Hall–Kier alpha value is -0.890. The fraction of sp³-hybridized carbons (Fsp3) is 0.600. The Morgan fingerprint density at radius 2 is 2.00 bits per heavy atom. The van der Waals surface area contributed by atoms with E-state index in [2.05, 4.69) is 25.7 Å². The highest BCUT2D eigenvalue weighted by Crippen LogP contribution is 2.33. The van der Waals surface area contributed by atoms with Crippen LogP contribution in [0.15, 0.2) is 18.2 Å². The van der Waals surface area contributed by atoms with Crippen molar-refractivity contribution in [2.75, 3.05) is 13.1 Å². The van der Waals surface area contributed by atoms with E-state index >= 15 is 0 Å². The second-order valence-corrected chi connectivity index (χ2v) is 6.10. The van der Waals surface area contributed by atoms with Gasteiger partial charge in [-0.15, -0.1) is 0 Å². The molecule has 0 aliphatic carbocycles. The van der Waals surface area contributed by atoms with Crippen LogP contribution in [-0.4, -0.2) is 23.5 Å². The number of benzene rings is 1. The van der Waals surface area contributed by atoms with Crippen LogP contribution in [0, 0.1) is 12.7 Å². The number of hydrogen-bond acceptors (Lipinski definition) is 1. The van der Waals surface area contributed by atoms with Crippen molar-refractivity contribution >= 4 is 0 Å². The zero-order chi connectivity index (χ0) is 12.6. The fourth-order valence-corrected chi connectivity index (χ4v) is 2.72. The van der Waals surface area contributed by atoms with Gasteiger partial charge in [0, 0.05) is 12.1 Å². The first kappa shape index (κ1) is 12.6. The van der Waals surface area contributed by atoms with Gasteiger partial charge in [-0.1, -0.05) is 6.07 Å². The molecule has 1 atom stereocenters. The van der Waals surface area contributed by atoms with Crippen molar-refractivity contribution < 1.29 is 4.39 Å². The summed E-state index contributed by atoms with van der Waals surface area (Å²) in [6, 6.07) is 5.19. The van der Waals surface area contributed by atoms with Gasteiger partial charge < -0.3 is 0 Å². The number of rotatable bonds is 1. The van der Waals surface area contributed by atoms with Crippen LogP contribution in [0.25, 0.3) is 0 Å². The van der Waals surface area contributed by atoms with Crippen molar-refractivity contribution in [3.05, 3.63) is 35.1 Å². The first-order valence-electron chi connectivity index (χ1n) is 6.39. The summed E-state index contributed by atoms with van der Waals surface area (Å²) < 4.78 is 13.1. The summed E-state index contributed by atoms with van der Waals surface area (Å²) in [7, 11) is 0. The molecule has 0 N–H and O–H groups in total. The van der Waals surface area contributed by atoms with Gasteiger partial charge in [0.2, 0.25) is 0 Å². The van der Waals surface area contributed by atoms with Gasteiger partial charge >= 0.3 is 0 Å². The van der Waals surface area contributed by atoms with Crippen LogP contribution in [0.1, 0.15) is 44.2 Å². The lowest BCUT2D eigenvalue weighted by Gasteiger charge is -2.31. The molecule has 1 aromatic rings. The minimum Gasteiger partial charge on any atom is -0.298 e. The molecule has 2 heteroatoms. The predicted octanol–water partition coefficient (Wildman–Crippen LogP) is 3.72. The van der Waals surface area contributed by atoms with Crippen LogP contribution in [0.5, 0.6) is 0 Å². The third kappa shape index (κ3) is 2.68. The Morgan fingerprint density at radius 3 is 2.53 bits per heavy atom. The van der Waals surface area contributed by atoms with Crippen LogP contribution < -0.4 is 0 Å². The molecular weight excluding hydrogens is 213 g/mol. The Morgan fingerprint density at radius 1 is 1.29 bits per heavy atom. The van der Waals surface area contributed by atoms with E-state index in [1.165, 1.54) is 12.0 Å². The van der Waals surface area contributed by atoms with Crippen LogP contribution in [-0.2, 0) is 0 Å². The molecule has 1 aliphatic heterocycles. The highest BCUT2D eigenvalue weighted by Gasteiger charge is 2.31. The Balaban J connectivity index is 2.15. The lowest BCUT2D eigenvalue weighted by Crippen LogP contribution is -2.39. The number of halogens is 1. The zero-order valence-electron chi connectivity index (χ0n) is 11.3. The first-order chi connectivity index (χ1) is 7.88. The summed E-state index contributed by atoms with van der Waals surface area (Å²) in [6.07, 6.45) is 1.18. The number of hydrogen-bond donors (Lipinski definition) is 0. The number of likely N-dealkylation sites (tertiary alicyclic amines) is 1. The van der Waals surface area contributed by atoms with Crippen molar-refractivity contribution in [3.63, 3.8) is 0 Å². The average Bonchev–Trinajstić information content (AvgIpc) is 2.65. The molecule has 0 unspecified atom stereocenters. The van der Waals surface area contributed by atoms with E-state index in [0.717, 1.165) is 18.7 Å². The van der Waals surface area contributed by atoms with Crippen molar-refractivity contribution in [2.45, 2.75) is 45.6 Å². The van der Waals surface area contributed by atoms with Crippen LogP contribution >= 0.6 is 0 Å². The Labute approximate surface area is 104 Å². The minimum absolute atomic E-state index is 0.128. The van der Waals surface area contributed by atoms with E-state index in [1.54, 1.807) is 12.1 Å². The Bertz CT molecular complexity index is 406. The highest BCUT2D eigenvalue weighted by atomic mass is 19.1. The summed E-state index contributed by atoms with van der Waals surface area (Å²) in [4.78, 5) is 2.51. The van der Waals surface area contributed by atoms with E-state index < -0.39 is 0 Å². The van der Waals surface area contributed by atoms with Crippen molar-refractivity contribution in [1.29, 1.82) is 0 Å². The maximum Gasteiger partial charge on any atom is 0.123 e. The topological polar surface area (TPSA) is 3.24 Å². The molecular formula is C15H22FN. The van der Waals surface area contributed by atoms with Gasteiger partial charge in [-0.25, -0.2) is 4.39 Å². The highest BCUT2D eigenvalue weighted by molar-refractivity contribution is 5.31. The maximum absolute atomic E-state index is 13.1. The van der Waals surface area contributed by atoms with Gasteiger partial charge in [-0.3, -0.25) is 4.90 Å². The molecule has 1 nitrogen and oxygen atoms in total. The summed E-state index contributed by atoms with van der Waals surface area (Å²) in [5, 5.41) is 0. The third-order valence-corrected chi connectivity index (χ3v) is 3.81. The SMILES string of the molecule is Cc1cc(F)ccc1[C@H]1CCN(C(C)(C)C)C1. The Kier molecular flexibility index (Phi) is 3.26. The van der Waals surface area contributed by atoms with Crippen LogP contribution in [0.4, 0.5) is 4.39 Å². The van der Waals surface area contributed by atoms with E-state index in [1.807, 2.05) is 13.0 Å². The smallest absolute Gasteiger partial charge is 0.123 e. The second-order valence-electron chi connectivity index (χ2n) is 6.10. The predicted molar refractivity (Wildman–Crippen MR) is 69.8 cm³/mol. The molecule has 1 aromatic carbocycles. The van der Waals surface area contributed by atoms with Crippen molar-refractivity contribution in [3.8, 4) is 0 Å². The van der Waals surface area contributed by atoms with E-state index in [4.69, 9.17) is 0 Å². The molecule has 0 amide bonds. The second kappa shape index (κ2) is 4.41. The first-order valence-corrected chi connectivity index (χ1v) is 6.39. The summed E-state index contributed by atoms with van der Waals surface area (Å²) in [5.74, 6) is 0.437. The number of nitrogens with zero attached hydrogens (tertiary/aromatic N) is 1. The lowest BCUT2D eigenvalue weighted by molar-refractivity contribution is 0.173. The largest absolute Gasteiger partial charge is 0.298 e. The van der Waals surface area contributed by atoms with Crippen LogP contribution in [0.2, 0.25) is 0 Å². The summed E-state index contributed by atoms with van der Waals surface area (Å²) in [6.45, 7) is 11.0. The minimum atomic E-state index is -0.128. The molecule has 1 aliphatic rings. The molecule has 0 saturated carbocycles. The van der Waals surface area contributed by atoms with Gasteiger partial charge in [-0.2, -0.15) is 0 Å². The van der Waals surface area contributed by atoms with Gasteiger partial charge in [0.05, 0.1) is 0 Å². The van der Waals surface area contributed by atoms with Gasteiger partial charge in [-0.05, 0) is 69.8 Å². The van der Waals surface area contributed by atoms with Crippen molar-refractivity contribution in [2.24, 2.45) is 0 Å². The molecule has 1 fully saturated rings. The fourth-order valence-electron chi connectivity index (χ4n) is 2.72. The summed E-state index contributed by atoms with van der Waals surface area (Å²) >= 11 is 0. The summed E-state index contributed by atoms with van der Waals surface area (Å²) in [5.41, 5.74) is 2.65. The molecule has 0 bridgehead atoms. The third-order valence-electron chi connectivity index (χ3n) is 3.81. The lowest BCUT2D eigenvalue weighted by atomic mass is 9.94.